The van der Waals surface area contributed by atoms with Gasteiger partial charge in [0.1, 0.15) is 18.7 Å². The molecule has 3 N–H and O–H groups in total. The number of imide groups is 1. The van der Waals surface area contributed by atoms with Gasteiger partial charge in [-0.25, -0.2) is 4.79 Å². The van der Waals surface area contributed by atoms with Crippen molar-refractivity contribution in [2.75, 3.05) is 13.2 Å². The number of rotatable bonds is 5. The number of nitrogens with one attached hydrogen (secondary N) is 3. The van der Waals surface area contributed by atoms with E-state index < -0.39 is 36.0 Å². The molecule has 1 atom stereocenters. The van der Waals surface area contributed by atoms with Crippen LogP contribution in [0.2, 0.25) is 0 Å². The van der Waals surface area contributed by atoms with Gasteiger partial charge in [-0.1, -0.05) is 39.3 Å². The Labute approximate surface area is 198 Å². The Morgan fingerprint density at radius 2 is 1.82 bits per heavy atom. The molecular weight excluding hydrogens is 440 g/mol. The molecule has 1 spiro atoms. The Morgan fingerprint density at radius 1 is 1.15 bits per heavy atom. The first kappa shape index (κ1) is 23.8. The van der Waals surface area contributed by atoms with Crippen molar-refractivity contribution < 1.29 is 28.7 Å². The molecule has 1 unspecified atom stereocenters. The Bertz CT molecular complexity index is 985. The fourth-order valence-electron chi connectivity index (χ4n) is 4.88. The van der Waals surface area contributed by atoms with E-state index in [2.05, 4.69) is 36.9 Å². The van der Waals surface area contributed by atoms with Gasteiger partial charge in [0, 0.05) is 0 Å². The van der Waals surface area contributed by atoms with Crippen LogP contribution < -0.4 is 25.6 Å². The molecule has 1 aliphatic carbocycles. The molecule has 34 heavy (non-hydrogen) atoms. The summed E-state index contributed by atoms with van der Waals surface area (Å²) in [7, 11) is 0. The summed E-state index contributed by atoms with van der Waals surface area (Å²) < 4.78 is 11.1. The molecule has 2 aliphatic heterocycles. The number of ether oxygens (including phenoxy) is 2. The zero-order valence-electron chi connectivity index (χ0n) is 19.8. The van der Waals surface area contributed by atoms with Gasteiger partial charge in [-0.15, -0.1) is 0 Å². The predicted molar refractivity (Wildman–Crippen MR) is 122 cm³/mol. The van der Waals surface area contributed by atoms with Gasteiger partial charge >= 0.3 is 6.03 Å². The van der Waals surface area contributed by atoms with Crippen LogP contribution >= 0.6 is 0 Å². The molecule has 0 aromatic heterocycles. The lowest BCUT2D eigenvalue weighted by Crippen LogP contribution is -2.54. The van der Waals surface area contributed by atoms with Crippen molar-refractivity contribution in [1.29, 1.82) is 0 Å². The summed E-state index contributed by atoms with van der Waals surface area (Å²) in [6.45, 7) is 6.14. The van der Waals surface area contributed by atoms with E-state index in [1.807, 2.05) is 0 Å². The summed E-state index contributed by atoms with van der Waals surface area (Å²) in [4.78, 5) is 51.3. The van der Waals surface area contributed by atoms with E-state index in [1.165, 1.54) is 0 Å². The van der Waals surface area contributed by atoms with Gasteiger partial charge in [0.15, 0.2) is 11.5 Å². The lowest BCUT2D eigenvalue weighted by molar-refractivity contribution is -0.138. The molecule has 10 heteroatoms. The normalized spacial score (nSPS) is 26.3. The highest BCUT2D eigenvalue weighted by Crippen LogP contribution is 2.45. The average Bonchev–Trinajstić information content (AvgIpc) is 3.06. The molecule has 10 nitrogen and oxygen atoms in total. The second-order valence-electron chi connectivity index (χ2n) is 9.92. The van der Waals surface area contributed by atoms with Crippen molar-refractivity contribution in [3.8, 4) is 11.5 Å². The van der Waals surface area contributed by atoms with Gasteiger partial charge < -0.3 is 14.8 Å². The van der Waals surface area contributed by atoms with Crippen LogP contribution in [0.1, 0.15) is 52.9 Å². The first-order valence-electron chi connectivity index (χ1n) is 11.8. The molecule has 2 fully saturated rings. The average molecular weight is 473 g/mol. The Kier molecular flexibility index (Phi) is 6.42. The maximum absolute atomic E-state index is 13.1. The van der Waals surface area contributed by atoms with E-state index in [9.17, 15) is 19.2 Å². The quantitative estimate of drug-likeness (QED) is 0.444. The summed E-state index contributed by atoms with van der Waals surface area (Å²) in [6, 6.07) is 6.37. The monoisotopic (exact) mass is 472 g/mol. The van der Waals surface area contributed by atoms with E-state index in [1.54, 1.807) is 24.3 Å². The smallest absolute Gasteiger partial charge is 0.325 e. The Hall–Kier alpha value is -3.30. The lowest BCUT2D eigenvalue weighted by Gasteiger charge is -2.42. The second-order valence-corrected chi connectivity index (χ2v) is 9.92. The van der Waals surface area contributed by atoms with Gasteiger partial charge in [-0.2, -0.15) is 0 Å². The van der Waals surface area contributed by atoms with Crippen LogP contribution in [0.15, 0.2) is 24.3 Å². The number of nitrogens with zero attached hydrogens (tertiary/aromatic N) is 1. The third-order valence-electron chi connectivity index (χ3n) is 7.53. The summed E-state index contributed by atoms with van der Waals surface area (Å²) in [5.74, 6) is -0.219. The SMILES string of the molecule is CCC(C)(C)C1CCC2(CC1)NC(=O)N(CC(=O)NNC(=O)C1COc3ccccc3O1)C2=O. The van der Waals surface area contributed by atoms with Crippen LogP contribution in [-0.2, 0) is 14.4 Å². The number of benzene rings is 1. The van der Waals surface area contributed by atoms with Crippen LogP contribution in [-0.4, -0.2) is 53.4 Å². The van der Waals surface area contributed by atoms with Crippen LogP contribution in [0.5, 0.6) is 11.5 Å². The van der Waals surface area contributed by atoms with Gasteiger partial charge in [-0.3, -0.25) is 30.1 Å². The molecule has 1 aromatic rings. The van der Waals surface area contributed by atoms with Gasteiger partial charge in [0.25, 0.3) is 17.7 Å². The van der Waals surface area contributed by atoms with Gasteiger partial charge in [0.2, 0.25) is 6.10 Å². The topological polar surface area (TPSA) is 126 Å². The highest BCUT2D eigenvalue weighted by molar-refractivity contribution is 6.09. The molecule has 5 amide bonds. The summed E-state index contributed by atoms with van der Waals surface area (Å²) in [5.41, 5.74) is 3.76. The number of hydrogen-bond donors (Lipinski definition) is 3. The fraction of sp³-hybridized carbons (Fsp3) is 0.583. The predicted octanol–water partition coefficient (Wildman–Crippen LogP) is 1.89. The number of para-hydroxylation sites is 2. The minimum Gasteiger partial charge on any atom is -0.485 e. The lowest BCUT2D eigenvalue weighted by atomic mass is 9.65. The first-order chi connectivity index (χ1) is 16.1. The fourth-order valence-corrected chi connectivity index (χ4v) is 4.88. The number of carbonyl (C=O) groups is 4. The van der Waals surface area contributed by atoms with Crippen molar-refractivity contribution in [3.05, 3.63) is 24.3 Å². The molecule has 3 aliphatic rings. The Balaban J connectivity index is 1.28. The number of hydrazine groups is 1. The van der Waals surface area contributed by atoms with Crippen molar-refractivity contribution in [2.24, 2.45) is 11.3 Å². The molecule has 1 saturated heterocycles. The van der Waals surface area contributed by atoms with E-state index in [4.69, 9.17) is 9.47 Å². The zero-order valence-corrected chi connectivity index (χ0v) is 19.8. The maximum atomic E-state index is 13.1. The summed E-state index contributed by atoms with van der Waals surface area (Å²) in [6.07, 6.45) is 2.90. The van der Waals surface area contributed by atoms with Crippen molar-refractivity contribution >= 4 is 23.8 Å². The molecule has 0 radical (unpaired) electrons. The Morgan fingerprint density at radius 3 is 2.50 bits per heavy atom. The largest absolute Gasteiger partial charge is 0.485 e. The molecule has 4 rings (SSSR count). The number of urea groups is 1. The van der Waals surface area contributed by atoms with Crippen molar-refractivity contribution in [1.82, 2.24) is 21.1 Å². The van der Waals surface area contributed by atoms with Crippen LogP contribution in [0.4, 0.5) is 4.79 Å². The van der Waals surface area contributed by atoms with E-state index in [0.717, 1.165) is 24.2 Å². The van der Waals surface area contributed by atoms with Crippen molar-refractivity contribution in [2.45, 2.75) is 64.5 Å². The highest BCUT2D eigenvalue weighted by atomic mass is 16.6. The molecule has 1 aromatic carbocycles. The minimum absolute atomic E-state index is 0.00984. The molecule has 1 saturated carbocycles. The maximum Gasteiger partial charge on any atom is 0.325 e. The zero-order chi connectivity index (χ0) is 24.5. The standard InChI is InChI=1S/C24H32N4O6/c1-4-23(2,3)15-9-11-24(12-10-15)21(31)28(22(32)25-24)13-19(29)26-27-20(30)18-14-33-16-7-5-6-8-17(16)34-18/h5-8,15,18H,4,9-14H2,1-3H3,(H,25,32)(H,26,29)(H,27,30). The van der Waals surface area contributed by atoms with Gasteiger partial charge in [-0.05, 0) is 49.1 Å². The van der Waals surface area contributed by atoms with E-state index in [0.29, 0.717) is 30.3 Å². The number of carbonyl (C=O) groups excluding carboxylic acids is 4. The molecule has 0 bridgehead atoms. The van der Waals surface area contributed by atoms with E-state index >= 15 is 0 Å². The first-order valence-corrected chi connectivity index (χ1v) is 11.8. The molecule has 2 heterocycles. The summed E-state index contributed by atoms with van der Waals surface area (Å²) >= 11 is 0. The highest BCUT2D eigenvalue weighted by Gasteiger charge is 2.53. The number of amides is 5. The second kappa shape index (κ2) is 9.15. The van der Waals surface area contributed by atoms with E-state index in [-0.39, 0.29) is 17.9 Å². The third-order valence-corrected chi connectivity index (χ3v) is 7.53. The van der Waals surface area contributed by atoms with Crippen LogP contribution in [0.3, 0.4) is 0 Å². The number of fused-ring (bicyclic) bond motifs is 1. The third kappa shape index (κ3) is 4.53. The van der Waals surface area contributed by atoms with Crippen LogP contribution in [0.25, 0.3) is 0 Å². The van der Waals surface area contributed by atoms with Crippen LogP contribution in [0, 0.1) is 11.3 Å². The summed E-state index contributed by atoms with van der Waals surface area (Å²) in [5, 5.41) is 2.82. The number of hydrogen-bond acceptors (Lipinski definition) is 6. The minimum atomic E-state index is -0.947. The molecule has 184 valence electrons. The van der Waals surface area contributed by atoms with Crippen molar-refractivity contribution in [3.63, 3.8) is 0 Å². The van der Waals surface area contributed by atoms with Gasteiger partial charge in [0.05, 0.1) is 0 Å². The molecular formula is C24H32N4O6.